The van der Waals surface area contributed by atoms with Gasteiger partial charge in [0, 0.05) is 50.6 Å². The van der Waals surface area contributed by atoms with E-state index in [-0.39, 0.29) is 30.9 Å². The molecule has 0 atom stereocenters. The number of aryl methyl sites for hydroxylation is 1. The molecule has 0 unspecified atom stereocenters. The number of nitrogens with one attached hydrogen (secondary N) is 1. The van der Waals surface area contributed by atoms with Gasteiger partial charge in [0.1, 0.15) is 6.54 Å². The summed E-state index contributed by atoms with van der Waals surface area (Å²) in [5.74, 6) is -0.238. The number of hydrogen-bond donors (Lipinski definition) is 1. The summed E-state index contributed by atoms with van der Waals surface area (Å²) in [5.41, 5.74) is 4.45. The van der Waals surface area contributed by atoms with Gasteiger partial charge in [0.05, 0.1) is 6.54 Å². The molecule has 2 aliphatic rings. The maximum Gasteiger partial charge on any atom is 0.322 e. The van der Waals surface area contributed by atoms with Gasteiger partial charge in [0.2, 0.25) is 11.8 Å². The number of hydrogen-bond acceptors (Lipinski definition) is 4. The Kier molecular flexibility index (Phi) is 6.82. The summed E-state index contributed by atoms with van der Waals surface area (Å²) in [6.45, 7) is 7.87. The molecular weight excluding hydrogens is 418 g/mol. The Labute approximate surface area is 194 Å². The summed E-state index contributed by atoms with van der Waals surface area (Å²) in [6, 6.07) is 15.2. The highest BCUT2D eigenvalue weighted by molar-refractivity contribution is 5.94. The van der Waals surface area contributed by atoms with Gasteiger partial charge >= 0.3 is 6.03 Å². The molecule has 8 nitrogen and oxygen atoms in total. The fraction of sp³-hybridized carbons (Fsp3) is 0.400. The van der Waals surface area contributed by atoms with Crippen molar-refractivity contribution in [2.45, 2.75) is 13.8 Å². The van der Waals surface area contributed by atoms with E-state index in [9.17, 15) is 14.4 Å². The minimum absolute atomic E-state index is 0.0215. The van der Waals surface area contributed by atoms with E-state index < -0.39 is 0 Å². The molecule has 33 heavy (non-hydrogen) atoms. The summed E-state index contributed by atoms with van der Waals surface area (Å²) in [5, 5.41) is 2.80. The van der Waals surface area contributed by atoms with Crippen LogP contribution in [0.4, 0.5) is 16.2 Å². The first-order chi connectivity index (χ1) is 15.9. The van der Waals surface area contributed by atoms with Crippen LogP contribution >= 0.6 is 0 Å². The lowest BCUT2D eigenvalue weighted by Gasteiger charge is -2.39. The van der Waals surface area contributed by atoms with Gasteiger partial charge in [0.25, 0.3) is 0 Å². The molecule has 2 aromatic rings. The number of anilines is 2. The topological polar surface area (TPSA) is 76.2 Å². The highest BCUT2D eigenvalue weighted by Gasteiger charge is 2.30. The molecule has 174 valence electrons. The average Bonchev–Trinajstić information content (AvgIpc) is 2.83. The minimum Gasteiger partial charge on any atom is -0.368 e. The third-order valence-electron chi connectivity index (χ3n) is 6.51. The second-order valence-corrected chi connectivity index (χ2v) is 8.62. The van der Waals surface area contributed by atoms with Crippen LogP contribution in [0.2, 0.25) is 0 Å². The summed E-state index contributed by atoms with van der Waals surface area (Å²) in [4.78, 5) is 45.1. The zero-order valence-corrected chi connectivity index (χ0v) is 19.3. The third-order valence-corrected chi connectivity index (χ3v) is 6.51. The first-order valence-electron chi connectivity index (χ1n) is 11.4. The SMILES string of the molecule is Cc1cccc(N2CCN(C(=O)CN3CCN(C(=O)Nc4ccccc4)CC3=O)CC2)c1C. The predicted molar refractivity (Wildman–Crippen MR) is 128 cm³/mol. The van der Waals surface area contributed by atoms with Crippen molar-refractivity contribution in [1.82, 2.24) is 14.7 Å². The normalized spacial score (nSPS) is 16.7. The van der Waals surface area contributed by atoms with E-state index in [1.54, 1.807) is 17.0 Å². The number of amides is 4. The second-order valence-electron chi connectivity index (χ2n) is 8.62. The minimum atomic E-state index is -0.303. The van der Waals surface area contributed by atoms with Crippen LogP contribution < -0.4 is 10.2 Å². The number of para-hydroxylation sites is 1. The first-order valence-corrected chi connectivity index (χ1v) is 11.4. The maximum atomic E-state index is 12.9. The molecule has 2 aliphatic heterocycles. The van der Waals surface area contributed by atoms with Crippen molar-refractivity contribution in [3.05, 3.63) is 59.7 Å². The van der Waals surface area contributed by atoms with Crippen LogP contribution in [0, 0.1) is 13.8 Å². The Morgan fingerprint density at radius 2 is 1.55 bits per heavy atom. The van der Waals surface area contributed by atoms with Crippen molar-refractivity contribution in [2.24, 2.45) is 0 Å². The Morgan fingerprint density at radius 3 is 2.24 bits per heavy atom. The van der Waals surface area contributed by atoms with Gasteiger partial charge in [0.15, 0.2) is 0 Å². The van der Waals surface area contributed by atoms with Crippen LogP contribution in [0.3, 0.4) is 0 Å². The first kappa shape index (κ1) is 22.6. The summed E-state index contributed by atoms with van der Waals surface area (Å²) in [7, 11) is 0. The van der Waals surface area contributed by atoms with Gasteiger partial charge in [-0.25, -0.2) is 4.79 Å². The van der Waals surface area contributed by atoms with Gasteiger partial charge < -0.3 is 24.9 Å². The third kappa shape index (κ3) is 5.27. The number of urea groups is 1. The van der Waals surface area contributed by atoms with Crippen molar-refractivity contribution in [1.29, 1.82) is 0 Å². The molecule has 0 aliphatic carbocycles. The molecule has 1 N–H and O–H groups in total. The van der Waals surface area contributed by atoms with E-state index in [0.717, 1.165) is 13.1 Å². The van der Waals surface area contributed by atoms with Crippen LogP contribution in [-0.4, -0.2) is 84.9 Å². The number of piperazine rings is 2. The van der Waals surface area contributed by atoms with Crippen molar-refractivity contribution in [2.75, 3.05) is 62.6 Å². The summed E-state index contributed by atoms with van der Waals surface area (Å²) >= 11 is 0. The largest absolute Gasteiger partial charge is 0.368 e. The Bertz CT molecular complexity index is 1020. The van der Waals surface area contributed by atoms with E-state index in [2.05, 4.69) is 42.3 Å². The number of carbonyl (C=O) groups is 3. The quantitative estimate of drug-likeness (QED) is 0.777. The Hall–Kier alpha value is -3.55. The van der Waals surface area contributed by atoms with Crippen LogP contribution in [0.15, 0.2) is 48.5 Å². The monoisotopic (exact) mass is 449 g/mol. The second kappa shape index (κ2) is 9.94. The van der Waals surface area contributed by atoms with Gasteiger partial charge in [-0.2, -0.15) is 0 Å². The lowest BCUT2D eigenvalue weighted by Crippen LogP contribution is -2.57. The van der Waals surface area contributed by atoms with E-state index in [1.807, 2.05) is 23.1 Å². The van der Waals surface area contributed by atoms with Crippen molar-refractivity contribution >= 4 is 29.2 Å². The molecule has 0 radical (unpaired) electrons. The highest BCUT2D eigenvalue weighted by Crippen LogP contribution is 2.24. The molecule has 2 aromatic carbocycles. The fourth-order valence-electron chi connectivity index (χ4n) is 4.31. The molecule has 8 heteroatoms. The molecule has 0 saturated carbocycles. The number of rotatable bonds is 4. The number of carbonyl (C=O) groups excluding carboxylic acids is 3. The predicted octanol–water partition coefficient (Wildman–Crippen LogP) is 2.33. The molecule has 0 spiro atoms. The summed E-state index contributed by atoms with van der Waals surface area (Å²) < 4.78 is 0. The average molecular weight is 450 g/mol. The molecule has 2 saturated heterocycles. The van der Waals surface area contributed by atoms with E-state index in [4.69, 9.17) is 0 Å². The highest BCUT2D eigenvalue weighted by atomic mass is 16.2. The zero-order chi connectivity index (χ0) is 23.4. The Balaban J connectivity index is 1.25. The lowest BCUT2D eigenvalue weighted by atomic mass is 10.1. The molecule has 0 aromatic heterocycles. The standard InChI is InChI=1S/C25H31N5O3/c1-19-7-6-10-22(20(19)2)27-11-13-28(14-12-27)23(31)17-29-15-16-30(18-24(29)32)25(33)26-21-8-4-3-5-9-21/h3-10H,11-18H2,1-2H3,(H,26,33). The van der Waals surface area contributed by atoms with E-state index >= 15 is 0 Å². The van der Waals surface area contributed by atoms with Gasteiger partial charge in [-0.15, -0.1) is 0 Å². The maximum absolute atomic E-state index is 12.9. The molecule has 4 rings (SSSR count). The molecule has 2 heterocycles. The van der Waals surface area contributed by atoms with E-state index in [0.29, 0.717) is 31.9 Å². The van der Waals surface area contributed by atoms with Gasteiger partial charge in [-0.1, -0.05) is 30.3 Å². The number of benzene rings is 2. The van der Waals surface area contributed by atoms with Crippen molar-refractivity contribution in [3.8, 4) is 0 Å². The van der Waals surface area contributed by atoms with Gasteiger partial charge in [-0.3, -0.25) is 9.59 Å². The molecule has 2 fully saturated rings. The number of nitrogens with zero attached hydrogens (tertiary/aromatic N) is 4. The summed E-state index contributed by atoms with van der Waals surface area (Å²) in [6.07, 6.45) is 0. The Morgan fingerprint density at radius 1 is 0.848 bits per heavy atom. The van der Waals surface area contributed by atoms with Crippen LogP contribution in [0.25, 0.3) is 0 Å². The van der Waals surface area contributed by atoms with Crippen LogP contribution in [0.1, 0.15) is 11.1 Å². The van der Waals surface area contributed by atoms with E-state index in [1.165, 1.54) is 21.7 Å². The molecule has 0 bridgehead atoms. The lowest BCUT2D eigenvalue weighted by molar-refractivity contribution is -0.143. The fourth-order valence-corrected chi connectivity index (χ4v) is 4.31. The molecular formula is C25H31N5O3. The smallest absolute Gasteiger partial charge is 0.322 e. The van der Waals surface area contributed by atoms with Crippen molar-refractivity contribution in [3.63, 3.8) is 0 Å². The van der Waals surface area contributed by atoms with Crippen molar-refractivity contribution < 1.29 is 14.4 Å². The van der Waals surface area contributed by atoms with Crippen LogP contribution in [-0.2, 0) is 9.59 Å². The van der Waals surface area contributed by atoms with Crippen LogP contribution in [0.5, 0.6) is 0 Å². The molecule has 4 amide bonds. The zero-order valence-electron chi connectivity index (χ0n) is 19.3. The van der Waals surface area contributed by atoms with Gasteiger partial charge in [-0.05, 0) is 43.2 Å².